The zero-order chi connectivity index (χ0) is 9.30. The standard InChI is InChI=1S/C6H5BrF2N2O/c7-3-1-2(4(8)9)6(12)11-5(3)10/h1,4H,(H3,10,11,12). The van der Waals surface area contributed by atoms with Crippen molar-refractivity contribution in [3.05, 3.63) is 26.5 Å². The van der Waals surface area contributed by atoms with Crippen molar-refractivity contribution in [1.29, 1.82) is 0 Å². The molecule has 3 N–H and O–H groups in total. The fourth-order valence-electron chi connectivity index (χ4n) is 0.696. The summed E-state index contributed by atoms with van der Waals surface area (Å²) in [6.45, 7) is 0. The molecule has 0 saturated heterocycles. The van der Waals surface area contributed by atoms with Crippen LogP contribution in [0, 0.1) is 0 Å². The Bertz CT molecular complexity index is 350. The minimum atomic E-state index is -2.79. The Balaban J connectivity index is 3.33. The van der Waals surface area contributed by atoms with E-state index in [1.165, 1.54) is 0 Å². The molecule has 3 nitrogen and oxygen atoms in total. The van der Waals surface area contributed by atoms with Gasteiger partial charge in [-0.1, -0.05) is 0 Å². The molecule has 0 saturated carbocycles. The predicted octanol–water partition coefficient (Wildman–Crippen LogP) is 1.66. The summed E-state index contributed by atoms with van der Waals surface area (Å²) in [5.74, 6) is 0.0457. The maximum Gasteiger partial charge on any atom is 0.269 e. The Morgan fingerprint density at radius 3 is 2.67 bits per heavy atom. The lowest BCUT2D eigenvalue weighted by molar-refractivity contribution is 0.149. The number of hydrogen-bond donors (Lipinski definition) is 2. The zero-order valence-electron chi connectivity index (χ0n) is 5.77. The number of aromatic nitrogens is 1. The molecule has 12 heavy (non-hydrogen) atoms. The Kier molecular flexibility index (Phi) is 2.46. The van der Waals surface area contributed by atoms with Gasteiger partial charge in [-0.25, -0.2) is 8.78 Å². The second-order valence-electron chi connectivity index (χ2n) is 2.12. The van der Waals surface area contributed by atoms with Gasteiger partial charge in [0.1, 0.15) is 5.82 Å². The van der Waals surface area contributed by atoms with E-state index in [-0.39, 0.29) is 10.3 Å². The van der Waals surface area contributed by atoms with Gasteiger partial charge in [0, 0.05) is 0 Å². The van der Waals surface area contributed by atoms with Crippen LogP contribution >= 0.6 is 15.9 Å². The van der Waals surface area contributed by atoms with E-state index in [1.807, 2.05) is 0 Å². The zero-order valence-corrected chi connectivity index (χ0v) is 7.36. The van der Waals surface area contributed by atoms with E-state index >= 15 is 0 Å². The van der Waals surface area contributed by atoms with E-state index in [1.54, 1.807) is 0 Å². The highest BCUT2D eigenvalue weighted by atomic mass is 79.9. The SMILES string of the molecule is Nc1[nH]c(=O)c(C(F)F)cc1Br. The first-order chi connectivity index (χ1) is 5.52. The average molecular weight is 239 g/mol. The Hall–Kier alpha value is -0.910. The molecular formula is C6H5BrF2N2O. The van der Waals surface area contributed by atoms with E-state index < -0.39 is 17.5 Å². The summed E-state index contributed by atoms with van der Waals surface area (Å²) >= 11 is 2.92. The summed E-state index contributed by atoms with van der Waals surface area (Å²) in [4.78, 5) is 12.9. The van der Waals surface area contributed by atoms with E-state index in [0.29, 0.717) is 0 Å². The number of nitrogen functional groups attached to an aromatic ring is 1. The summed E-state index contributed by atoms with van der Waals surface area (Å²) in [7, 11) is 0. The summed E-state index contributed by atoms with van der Waals surface area (Å²) in [5.41, 5.74) is 3.80. The van der Waals surface area contributed by atoms with Gasteiger partial charge in [-0.2, -0.15) is 0 Å². The van der Waals surface area contributed by atoms with Crippen molar-refractivity contribution in [2.24, 2.45) is 0 Å². The normalized spacial score (nSPS) is 10.7. The molecule has 0 aliphatic carbocycles. The number of hydrogen-bond acceptors (Lipinski definition) is 2. The van der Waals surface area contributed by atoms with Gasteiger partial charge in [-0.05, 0) is 22.0 Å². The van der Waals surface area contributed by atoms with E-state index in [4.69, 9.17) is 5.73 Å². The highest BCUT2D eigenvalue weighted by Gasteiger charge is 2.13. The maximum atomic E-state index is 12.1. The molecule has 1 heterocycles. The molecule has 0 aromatic carbocycles. The summed E-state index contributed by atoms with van der Waals surface area (Å²) in [6.07, 6.45) is -2.79. The summed E-state index contributed by atoms with van der Waals surface area (Å²) in [5, 5.41) is 0. The van der Waals surface area contributed by atoms with Crippen molar-refractivity contribution in [2.45, 2.75) is 6.43 Å². The number of rotatable bonds is 1. The van der Waals surface area contributed by atoms with Gasteiger partial charge in [0.2, 0.25) is 0 Å². The highest BCUT2D eigenvalue weighted by molar-refractivity contribution is 9.10. The van der Waals surface area contributed by atoms with Crippen LogP contribution < -0.4 is 11.3 Å². The fourth-order valence-corrected chi connectivity index (χ4v) is 1.04. The van der Waals surface area contributed by atoms with Crippen LogP contribution in [0.4, 0.5) is 14.6 Å². The minimum absolute atomic E-state index is 0.0457. The molecule has 1 rings (SSSR count). The van der Waals surface area contributed by atoms with Gasteiger partial charge in [0.05, 0.1) is 10.0 Å². The van der Waals surface area contributed by atoms with Gasteiger partial charge in [-0.3, -0.25) is 4.79 Å². The van der Waals surface area contributed by atoms with Gasteiger partial charge < -0.3 is 10.7 Å². The van der Waals surface area contributed by atoms with Crippen LogP contribution in [0.15, 0.2) is 15.3 Å². The predicted molar refractivity (Wildman–Crippen MR) is 44.1 cm³/mol. The fraction of sp³-hybridized carbons (Fsp3) is 0.167. The third-order valence-electron chi connectivity index (χ3n) is 1.29. The maximum absolute atomic E-state index is 12.1. The molecule has 0 aliphatic rings. The quantitative estimate of drug-likeness (QED) is 0.782. The first kappa shape index (κ1) is 9.18. The van der Waals surface area contributed by atoms with Gasteiger partial charge in [0.25, 0.3) is 12.0 Å². The molecular weight excluding hydrogens is 234 g/mol. The van der Waals surface area contributed by atoms with Crippen molar-refractivity contribution in [2.75, 3.05) is 5.73 Å². The van der Waals surface area contributed by atoms with Gasteiger partial charge in [-0.15, -0.1) is 0 Å². The second kappa shape index (κ2) is 3.22. The molecule has 0 aliphatic heterocycles. The number of nitrogens with two attached hydrogens (primary N) is 1. The number of nitrogens with one attached hydrogen (secondary N) is 1. The lowest BCUT2D eigenvalue weighted by Gasteiger charge is -2.01. The Morgan fingerprint density at radius 2 is 2.17 bits per heavy atom. The monoisotopic (exact) mass is 238 g/mol. The van der Waals surface area contributed by atoms with Crippen molar-refractivity contribution in [3.63, 3.8) is 0 Å². The van der Waals surface area contributed by atoms with Crippen LogP contribution in [-0.2, 0) is 0 Å². The number of pyridine rings is 1. The van der Waals surface area contributed by atoms with Gasteiger partial charge >= 0.3 is 0 Å². The van der Waals surface area contributed by atoms with Crippen LogP contribution in [0.5, 0.6) is 0 Å². The molecule has 0 fully saturated rings. The molecule has 0 radical (unpaired) electrons. The molecule has 6 heteroatoms. The molecule has 0 amide bonds. The van der Waals surface area contributed by atoms with Crippen molar-refractivity contribution < 1.29 is 8.78 Å². The number of halogens is 3. The number of alkyl halides is 2. The molecule has 0 atom stereocenters. The van der Waals surface area contributed by atoms with Crippen LogP contribution in [0.1, 0.15) is 12.0 Å². The molecule has 0 spiro atoms. The first-order valence-corrected chi connectivity index (χ1v) is 3.78. The lowest BCUT2D eigenvalue weighted by atomic mass is 10.3. The van der Waals surface area contributed by atoms with Crippen molar-refractivity contribution in [3.8, 4) is 0 Å². The van der Waals surface area contributed by atoms with Crippen LogP contribution in [-0.4, -0.2) is 4.98 Å². The van der Waals surface area contributed by atoms with Crippen LogP contribution in [0.3, 0.4) is 0 Å². The molecule has 0 bridgehead atoms. The van der Waals surface area contributed by atoms with E-state index in [9.17, 15) is 13.6 Å². The summed E-state index contributed by atoms with van der Waals surface area (Å²) in [6, 6.07) is 1.01. The summed E-state index contributed by atoms with van der Waals surface area (Å²) < 4.78 is 24.4. The van der Waals surface area contributed by atoms with Crippen LogP contribution in [0.2, 0.25) is 0 Å². The Morgan fingerprint density at radius 1 is 1.58 bits per heavy atom. The van der Waals surface area contributed by atoms with Crippen LogP contribution in [0.25, 0.3) is 0 Å². The molecule has 1 aromatic heterocycles. The van der Waals surface area contributed by atoms with E-state index in [2.05, 4.69) is 20.9 Å². The van der Waals surface area contributed by atoms with E-state index in [0.717, 1.165) is 6.07 Å². The third-order valence-corrected chi connectivity index (χ3v) is 1.94. The second-order valence-corrected chi connectivity index (χ2v) is 2.97. The Labute approximate surface area is 74.7 Å². The molecule has 1 aromatic rings. The lowest BCUT2D eigenvalue weighted by Crippen LogP contribution is -2.14. The first-order valence-electron chi connectivity index (χ1n) is 2.98. The topological polar surface area (TPSA) is 58.9 Å². The molecule has 66 valence electrons. The third kappa shape index (κ3) is 1.63. The highest BCUT2D eigenvalue weighted by Crippen LogP contribution is 2.21. The number of aromatic amines is 1. The van der Waals surface area contributed by atoms with Crippen molar-refractivity contribution in [1.82, 2.24) is 4.98 Å². The number of anilines is 1. The van der Waals surface area contributed by atoms with Gasteiger partial charge in [0.15, 0.2) is 0 Å². The smallest absolute Gasteiger partial charge is 0.269 e. The van der Waals surface area contributed by atoms with Crippen molar-refractivity contribution >= 4 is 21.7 Å². The largest absolute Gasteiger partial charge is 0.384 e. The average Bonchev–Trinajstić information content (AvgIpc) is 1.96. The number of H-pyrrole nitrogens is 1. The minimum Gasteiger partial charge on any atom is -0.384 e. The molecule has 0 unspecified atom stereocenters.